The summed E-state index contributed by atoms with van der Waals surface area (Å²) in [5.74, 6) is -0.703. The fourth-order valence-electron chi connectivity index (χ4n) is 1.94. The van der Waals surface area contributed by atoms with Crippen LogP contribution >= 0.6 is 0 Å². The molecular formula is C10H19NO6S2. The van der Waals surface area contributed by atoms with Crippen LogP contribution in [0.4, 0.5) is 0 Å². The van der Waals surface area contributed by atoms with Crippen molar-refractivity contribution in [2.45, 2.75) is 31.7 Å². The molecule has 0 aromatic rings. The van der Waals surface area contributed by atoms with Gasteiger partial charge in [0.2, 0.25) is 10.0 Å². The lowest BCUT2D eigenvalue weighted by Gasteiger charge is -2.22. The molecule has 7 nitrogen and oxygen atoms in total. The summed E-state index contributed by atoms with van der Waals surface area (Å²) in [7, 11) is -5.46. The smallest absolute Gasteiger partial charge is 0.305 e. The van der Waals surface area contributed by atoms with E-state index in [1.165, 1.54) is 7.11 Å². The molecule has 1 saturated heterocycles. The molecule has 1 atom stereocenters. The number of nitrogens with one attached hydrogen (secondary N) is 1. The van der Waals surface area contributed by atoms with Crippen molar-refractivity contribution in [3.8, 4) is 0 Å². The second kappa shape index (κ2) is 6.67. The largest absolute Gasteiger partial charge is 0.469 e. The Balaban J connectivity index is 2.44. The van der Waals surface area contributed by atoms with Crippen LogP contribution in [0.2, 0.25) is 0 Å². The van der Waals surface area contributed by atoms with Crippen molar-refractivity contribution < 1.29 is 26.4 Å². The number of carbonyl (C=O) groups is 1. The van der Waals surface area contributed by atoms with Crippen LogP contribution in [0.3, 0.4) is 0 Å². The van der Waals surface area contributed by atoms with Crippen molar-refractivity contribution in [3.63, 3.8) is 0 Å². The molecule has 0 amide bonds. The molecule has 0 aromatic carbocycles. The fraction of sp³-hybridized carbons (Fsp3) is 0.900. The zero-order valence-electron chi connectivity index (χ0n) is 10.8. The number of carbonyl (C=O) groups excluding carboxylic acids is 1. The second-order valence-electron chi connectivity index (χ2n) is 4.57. The van der Waals surface area contributed by atoms with Gasteiger partial charge in [-0.3, -0.25) is 4.79 Å². The van der Waals surface area contributed by atoms with Gasteiger partial charge in [-0.2, -0.15) is 0 Å². The summed E-state index contributed by atoms with van der Waals surface area (Å²) in [6.07, 6.45) is 1.18. The minimum absolute atomic E-state index is 0.0282. The quantitative estimate of drug-likeness (QED) is 0.659. The predicted octanol–water partition coefficient (Wildman–Crippen LogP) is -0.564. The van der Waals surface area contributed by atoms with Gasteiger partial charge in [0.15, 0.2) is 9.84 Å². The summed E-state index contributed by atoms with van der Waals surface area (Å²) >= 11 is 0. The maximum Gasteiger partial charge on any atom is 0.305 e. The number of sulfonamides is 1. The Hall–Kier alpha value is -0.670. The molecule has 0 bridgehead atoms. The van der Waals surface area contributed by atoms with Crippen molar-refractivity contribution in [1.29, 1.82) is 0 Å². The third-order valence-electron chi connectivity index (χ3n) is 2.83. The lowest BCUT2D eigenvalue weighted by atomic mass is 10.2. The maximum absolute atomic E-state index is 11.7. The Kier molecular flexibility index (Phi) is 5.75. The van der Waals surface area contributed by atoms with Crippen molar-refractivity contribution in [1.82, 2.24) is 4.72 Å². The molecule has 112 valence electrons. The van der Waals surface area contributed by atoms with E-state index in [4.69, 9.17) is 0 Å². The van der Waals surface area contributed by atoms with Crippen LogP contribution in [-0.4, -0.2) is 53.2 Å². The molecule has 1 aliphatic rings. The molecule has 0 saturated carbocycles. The van der Waals surface area contributed by atoms with Crippen LogP contribution in [0.25, 0.3) is 0 Å². The molecule has 0 spiro atoms. The Morgan fingerprint density at radius 3 is 2.68 bits per heavy atom. The zero-order chi connectivity index (χ0) is 14.5. The second-order valence-corrected chi connectivity index (χ2v) is 8.67. The van der Waals surface area contributed by atoms with Gasteiger partial charge in [-0.15, -0.1) is 0 Å². The summed E-state index contributed by atoms with van der Waals surface area (Å²) in [6.45, 7) is 0. The highest BCUT2D eigenvalue weighted by Crippen LogP contribution is 2.13. The Bertz CT molecular complexity index is 510. The van der Waals surface area contributed by atoms with Crippen molar-refractivity contribution >= 4 is 25.8 Å². The van der Waals surface area contributed by atoms with Gasteiger partial charge in [0.25, 0.3) is 0 Å². The summed E-state index contributed by atoms with van der Waals surface area (Å²) in [5, 5.41) is 0. The highest BCUT2D eigenvalue weighted by Gasteiger charge is 2.27. The summed E-state index contributed by atoms with van der Waals surface area (Å²) in [5.41, 5.74) is 0. The van der Waals surface area contributed by atoms with E-state index in [9.17, 15) is 21.6 Å². The monoisotopic (exact) mass is 313 g/mol. The Morgan fingerprint density at radius 2 is 2.11 bits per heavy atom. The summed E-state index contributed by atoms with van der Waals surface area (Å²) in [4.78, 5) is 10.9. The topological polar surface area (TPSA) is 107 Å². The van der Waals surface area contributed by atoms with Crippen LogP contribution in [0, 0.1) is 0 Å². The number of esters is 1. The van der Waals surface area contributed by atoms with Gasteiger partial charge in [-0.1, -0.05) is 0 Å². The van der Waals surface area contributed by atoms with Gasteiger partial charge in [-0.25, -0.2) is 21.6 Å². The van der Waals surface area contributed by atoms with Crippen LogP contribution in [0.15, 0.2) is 0 Å². The molecule has 1 N–H and O–H groups in total. The molecule has 0 aromatic heterocycles. The van der Waals surface area contributed by atoms with Gasteiger partial charge in [-0.05, 0) is 19.3 Å². The highest BCUT2D eigenvalue weighted by molar-refractivity contribution is 7.91. The van der Waals surface area contributed by atoms with Gasteiger partial charge in [0.05, 0.1) is 24.4 Å². The van der Waals surface area contributed by atoms with E-state index >= 15 is 0 Å². The van der Waals surface area contributed by atoms with Crippen LogP contribution in [0.1, 0.15) is 25.7 Å². The van der Waals surface area contributed by atoms with E-state index in [1.54, 1.807) is 0 Å². The minimum atomic E-state index is -3.56. The molecule has 1 fully saturated rings. The average molecular weight is 313 g/mol. The normalized spacial score (nSPS) is 22.9. The number of ether oxygens (including phenoxy) is 1. The minimum Gasteiger partial charge on any atom is -0.469 e. The molecule has 9 heteroatoms. The summed E-state index contributed by atoms with van der Waals surface area (Å²) < 4.78 is 53.0. The van der Waals surface area contributed by atoms with Gasteiger partial charge < -0.3 is 4.74 Å². The molecular weight excluding hydrogens is 294 g/mol. The highest BCUT2D eigenvalue weighted by atomic mass is 32.2. The standard InChI is InChI=1S/C10H19NO6S2/c1-17-10(12)5-3-7-19(15,16)11-9-4-2-6-18(13,14)8-9/h9,11H,2-8H2,1H3. The number of methoxy groups -OCH3 is 1. The first kappa shape index (κ1) is 16.4. The molecule has 1 aliphatic heterocycles. The molecule has 0 radical (unpaired) electrons. The third-order valence-corrected chi connectivity index (χ3v) is 6.17. The van der Waals surface area contributed by atoms with Crippen molar-refractivity contribution in [2.75, 3.05) is 24.4 Å². The lowest BCUT2D eigenvalue weighted by molar-refractivity contribution is -0.140. The van der Waals surface area contributed by atoms with E-state index in [0.717, 1.165) is 0 Å². The maximum atomic E-state index is 11.7. The number of rotatable bonds is 6. The van der Waals surface area contributed by atoms with Crippen LogP contribution in [0.5, 0.6) is 0 Å². The first-order chi connectivity index (χ1) is 8.74. The van der Waals surface area contributed by atoms with Crippen LogP contribution in [-0.2, 0) is 29.4 Å². The van der Waals surface area contributed by atoms with E-state index in [-0.39, 0.29) is 30.1 Å². The molecule has 0 aliphatic carbocycles. The molecule has 19 heavy (non-hydrogen) atoms. The number of sulfone groups is 1. The van der Waals surface area contributed by atoms with E-state index in [1.807, 2.05) is 0 Å². The van der Waals surface area contributed by atoms with Gasteiger partial charge >= 0.3 is 5.97 Å². The van der Waals surface area contributed by atoms with E-state index in [2.05, 4.69) is 9.46 Å². The predicted molar refractivity (Wildman–Crippen MR) is 69.8 cm³/mol. The van der Waals surface area contributed by atoms with Crippen molar-refractivity contribution in [2.24, 2.45) is 0 Å². The molecule has 1 rings (SSSR count). The van der Waals surface area contributed by atoms with E-state index < -0.39 is 31.9 Å². The molecule has 1 heterocycles. The fourth-order valence-corrected chi connectivity index (χ4v) is 5.03. The SMILES string of the molecule is COC(=O)CCCS(=O)(=O)NC1CCCS(=O)(=O)C1. The first-order valence-corrected chi connectivity index (χ1v) is 9.49. The zero-order valence-corrected chi connectivity index (χ0v) is 12.4. The molecule has 1 unspecified atom stereocenters. The van der Waals surface area contributed by atoms with Gasteiger partial charge in [0.1, 0.15) is 0 Å². The number of hydrogen-bond donors (Lipinski definition) is 1. The van der Waals surface area contributed by atoms with Crippen LogP contribution < -0.4 is 4.72 Å². The average Bonchev–Trinajstić information content (AvgIpc) is 2.26. The number of hydrogen-bond acceptors (Lipinski definition) is 6. The van der Waals surface area contributed by atoms with Crippen molar-refractivity contribution in [3.05, 3.63) is 0 Å². The Labute approximate surface area is 113 Å². The van der Waals surface area contributed by atoms with Gasteiger partial charge in [0, 0.05) is 12.5 Å². The lowest BCUT2D eigenvalue weighted by Crippen LogP contribution is -2.44. The third kappa shape index (κ3) is 6.35. The summed E-state index contributed by atoms with van der Waals surface area (Å²) in [6, 6.07) is -0.554. The Morgan fingerprint density at radius 1 is 1.42 bits per heavy atom. The first-order valence-electron chi connectivity index (χ1n) is 6.01. The van der Waals surface area contributed by atoms with E-state index in [0.29, 0.717) is 12.8 Å².